The summed E-state index contributed by atoms with van der Waals surface area (Å²) in [5.74, 6) is 0.518. The molecule has 0 saturated carbocycles. The fraction of sp³-hybridized carbons (Fsp3) is 0.217. The van der Waals surface area contributed by atoms with Gasteiger partial charge < -0.3 is 10.1 Å². The summed E-state index contributed by atoms with van der Waals surface area (Å²) in [5.41, 5.74) is 4.08. The monoisotopic (exact) mass is 422 g/mol. The third kappa shape index (κ3) is 4.72. The first-order valence-electron chi connectivity index (χ1n) is 9.77. The predicted molar refractivity (Wildman–Crippen MR) is 119 cm³/mol. The molecule has 0 aliphatic carbocycles. The number of nitrogens with one attached hydrogen (secondary N) is 1. The number of amides is 1. The zero-order valence-corrected chi connectivity index (χ0v) is 17.5. The van der Waals surface area contributed by atoms with Gasteiger partial charge in [-0.1, -0.05) is 35.9 Å². The normalized spacial score (nSPS) is 14.3. The van der Waals surface area contributed by atoms with E-state index in [1.807, 2.05) is 41.2 Å². The number of aromatic nitrogens is 2. The molecule has 2 aromatic carbocycles. The quantitative estimate of drug-likeness (QED) is 0.644. The average molecular weight is 423 g/mol. The van der Waals surface area contributed by atoms with Crippen molar-refractivity contribution in [2.24, 2.45) is 0 Å². The van der Waals surface area contributed by atoms with Crippen LogP contribution in [0, 0.1) is 0 Å². The number of nitrogens with zero attached hydrogens (tertiary/aromatic N) is 3. The van der Waals surface area contributed by atoms with Crippen molar-refractivity contribution in [3.05, 3.63) is 77.6 Å². The summed E-state index contributed by atoms with van der Waals surface area (Å²) >= 11 is 6.12. The van der Waals surface area contributed by atoms with Gasteiger partial charge in [-0.25, -0.2) is 4.68 Å². The van der Waals surface area contributed by atoms with E-state index in [1.54, 1.807) is 25.3 Å². The third-order valence-electron chi connectivity index (χ3n) is 5.07. The lowest BCUT2D eigenvalue weighted by Crippen LogP contribution is -2.36. The molecule has 0 unspecified atom stereocenters. The number of carbonyl (C=O) groups is 1. The molecule has 4 rings (SSSR count). The molecular formula is C23H23ClN4O2. The molecule has 1 amide bonds. The Balaban J connectivity index is 1.33. The maximum atomic E-state index is 12.4. The number of methoxy groups -OCH3 is 1. The van der Waals surface area contributed by atoms with Crippen LogP contribution in [0.15, 0.2) is 67.0 Å². The molecule has 0 spiro atoms. The molecule has 1 aliphatic heterocycles. The molecule has 0 fully saturated rings. The van der Waals surface area contributed by atoms with Crippen LogP contribution in [0.25, 0.3) is 11.3 Å². The lowest BCUT2D eigenvalue weighted by atomic mass is 10.0. The molecule has 1 aromatic heterocycles. The third-order valence-corrected chi connectivity index (χ3v) is 5.37. The van der Waals surface area contributed by atoms with Crippen molar-refractivity contribution >= 4 is 28.8 Å². The fourth-order valence-electron chi connectivity index (χ4n) is 3.48. The van der Waals surface area contributed by atoms with E-state index in [0.717, 1.165) is 30.8 Å². The van der Waals surface area contributed by atoms with Crippen LogP contribution in [0.4, 0.5) is 5.69 Å². The van der Waals surface area contributed by atoms with Crippen LogP contribution >= 0.6 is 11.6 Å². The van der Waals surface area contributed by atoms with Gasteiger partial charge in [-0.05, 0) is 42.3 Å². The highest BCUT2D eigenvalue weighted by Gasteiger charge is 2.17. The van der Waals surface area contributed by atoms with Crippen molar-refractivity contribution in [1.82, 2.24) is 14.7 Å². The van der Waals surface area contributed by atoms with Crippen molar-refractivity contribution in [3.63, 3.8) is 0 Å². The number of rotatable bonds is 6. The van der Waals surface area contributed by atoms with Crippen molar-refractivity contribution in [2.45, 2.75) is 6.42 Å². The van der Waals surface area contributed by atoms with E-state index in [0.29, 0.717) is 23.0 Å². The Morgan fingerprint density at radius 1 is 1.23 bits per heavy atom. The van der Waals surface area contributed by atoms with Crippen LogP contribution < -0.4 is 10.1 Å². The summed E-state index contributed by atoms with van der Waals surface area (Å²) in [4.78, 5) is 14.5. The second kappa shape index (κ2) is 9.15. The fourth-order valence-corrected chi connectivity index (χ4v) is 3.73. The van der Waals surface area contributed by atoms with Crippen LogP contribution in [-0.4, -0.2) is 47.3 Å². The smallest absolute Gasteiger partial charge is 0.238 e. The molecule has 1 N–H and O–H groups in total. The molecule has 1 aliphatic rings. The molecule has 3 aromatic rings. The van der Waals surface area contributed by atoms with Gasteiger partial charge in [-0.2, -0.15) is 5.10 Å². The first-order valence-corrected chi connectivity index (χ1v) is 10.2. The maximum Gasteiger partial charge on any atom is 0.238 e. The Morgan fingerprint density at radius 2 is 2.07 bits per heavy atom. The second-order valence-electron chi connectivity index (χ2n) is 7.12. The molecule has 0 saturated heterocycles. The van der Waals surface area contributed by atoms with Crippen molar-refractivity contribution < 1.29 is 9.53 Å². The van der Waals surface area contributed by atoms with Gasteiger partial charge in [0.2, 0.25) is 5.91 Å². The van der Waals surface area contributed by atoms with Gasteiger partial charge >= 0.3 is 0 Å². The Kier molecular flexibility index (Phi) is 6.16. The molecule has 0 radical (unpaired) electrons. The van der Waals surface area contributed by atoms with Gasteiger partial charge in [0.1, 0.15) is 5.75 Å². The minimum Gasteiger partial charge on any atom is -0.495 e. The van der Waals surface area contributed by atoms with E-state index in [1.165, 1.54) is 5.57 Å². The van der Waals surface area contributed by atoms with Gasteiger partial charge in [-0.3, -0.25) is 9.69 Å². The summed E-state index contributed by atoms with van der Waals surface area (Å²) in [5, 5.41) is 7.83. The minimum absolute atomic E-state index is 0.0648. The number of ether oxygens (including phenoxy) is 1. The summed E-state index contributed by atoms with van der Waals surface area (Å²) < 4.78 is 7.02. The van der Waals surface area contributed by atoms with Gasteiger partial charge in [0.15, 0.2) is 0 Å². The van der Waals surface area contributed by atoms with Crippen molar-refractivity contribution in [2.75, 3.05) is 32.1 Å². The van der Waals surface area contributed by atoms with Crippen LogP contribution in [0.5, 0.6) is 5.75 Å². The van der Waals surface area contributed by atoms with E-state index in [-0.39, 0.29) is 5.91 Å². The van der Waals surface area contributed by atoms with Crippen molar-refractivity contribution in [3.8, 4) is 11.4 Å². The standard InChI is InChI=1S/C23H23ClN4O2/c1-30-22-8-7-19(13-21(22)24)26-23(29)16-27-11-9-17(10-12-27)18-14-25-28(15-18)20-5-3-2-4-6-20/h2-9,13-15H,10-12,16H2,1H3,(H,26,29). The van der Waals surface area contributed by atoms with Gasteiger partial charge in [0.05, 0.1) is 30.6 Å². The van der Waals surface area contributed by atoms with E-state index in [9.17, 15) is 4.79 Å². The SMILES string of the molecule is COc1ccc(NC(=O)CN2CC=C(c3cnn(-c4ccccc4)c3)CC2)cc1Cl. The number of hydrogen-bond acceptors (Lipinski definition) is 4. The van der Waals surface area contributed by atoms with E-state index in [4.69, 9.17) is 16.3 Å². The van der Waals surface area contributed by atoms with Gasteiger partial charge in [-0.15, -0.1) is 0 Å². The summed E-state index contributed by atoms with van der Waals surface area (Å²) in [6.45, 7) is 1.87. The highest BCUT2D eigenvalue weighted by Crippen LogP contribution is 2.27. The Bertz CT molecular complexity index is 1060. The number of benzene rings is 2. The average Bonchev–Trinajstić information content (AvgIpc) is 3.25. The molecule has 0 bridgehead atoms. The highest BCUT2D eigenvalue weighted by molar-refractivity contribution is 6.32. The van der Waals surface area contributed by atoms with Gasteiger partial charge in [0.25, 0.3) is 0 Å². The molecule has 2 heterocycles. The number of anilines is 1. The lowest BCUT2D eigenvalue weighted by Gasteiger charge is -2.25. The Labute approximate surface area is 180 Å². The molecule has 0 atom stereocenters. The molecule has 30 heavy (non-hydrogen) atoms. The first kappa shape index (κ1) is 20.2. The largest absolute Gasteiger partial charge is 0.495 e. The number of hydrogen-bond donors (Lipinski definition) is 1. The summed E-state index contributed by atoms with van der Waals surface area (Å²) in [6, 6.07) is 15.3. The van der Waals surface area contributed by atoms with E-state index >= 15 is 0 Å². The van der Waals surface area contributed by atoms with Crippen molar-refractivity contribution in [1.29, 1.82) is 0 Å². The van der Waals surface area contributed by atoms with Crippen LogP contribution in [0.3, 0.4) is 0 Å². The van der Waals surface area contributed by atoms with Gasteiger partial charge in [0, 0.05) is 30.5 Å². The first-order chi connectivity index (χ1) is 14.6. The minimum atomic E-state index is -0.0648. The Hall–Kier alpha value is -3.09. The Morgan fingerprint density at radius 3 is 2.77 bits per heavy atom. The number of para-hydroxylation sites is 1. The van der Waals surface area contributed by atoms with E-state index in [2.05, 4.69) is 27.6 Å². The highest BCUT2D eigenvalue weighted by atomic mass is 35.5. The summed E-state index contributed by atoms with van der Waals surface area (Å²) in [7, 11) is 1.56. The number of halogens is 1. The van der Waals surface area contributed by atoms with Crippen LogP contribution in [0.1, 0.15) is 12.0 Å². The zero-order valence-electron chi connectivity index (χ0n) is 16.7. The van der Waals surface area contributed by atoms with E-state index < -0.39 is 0 Å². The molecule has 7 heteroatoms. The predicted octanol–water partition coefficient (Wildman–Crippen LogP) is 4.26. The maximum absolute atomic E-state index is 12.4. The van der Waals surface area contributed by atoms with Crippen LogP contribution in [-0.2, 0) is 4.79 Å². The molecular weight excluding hydrogens is 400 g/mol. The summed E-state index contributed by atoms with van der Waals surface area (Å²) in [6.07, 6.45) is 7.00. The van der Waals surface area contributed by atoms with Crippen LogP contribution in [0.2, 0.25) is 5.02 Å². The molecule has 6 nitrogen and oxygen atoms in total. The number of carbonyl (C=O) groups excluding carboxylic acids is 1. The second-order valence-corrected chi connectivity index (χ2v) is 7.53. The topological polar surface area (TPSA) is 59.4 Å². The molecule has 154 valence electrons. The zero-order chi connectivity index (χ0) is 20.9. The lowest BCUT2D eigenvalue weighted by molar-refractivity contribution is -0.117.